The third kappa shape index (κ3) is 5.26. The van der Waals surface area contributed by atoms with Crippen LogP contribution in [0.4, 0.5) is 0 Å². The van der Waals surface area contributed by atoms with Crippen LogP contribution in [0.25, 0.3) is 0 Å². The third-order valence-corrected chi connectivity index (χ3v) is 3.40. The van der Waals surface area contributed by atoms with Crippen LogP contribution in [0.15, 0.2) is 18.5 Å². The number of nitrogens with one attached hydrogen (secondary N) is 1. The van der Waals surface area contributed by atoms with E-state index in [4.69, 9.17) is 0 Å². The molecule has 0 aromatic carbocycles. The summed E-state index contributed by atoms with van der Waals surface area (Å²) in [4.78, 5) is 0. The van der Waals surface area contributed by atoms with E-state index in [2.05, 4.69) is 56.0 Å². The summed E-state index contributed by atoms with van der Waals surface area (Å²) in [5.74, 6) is 0.814. The smallest absolute Gasteiger partial charge is 0.0335 e. The number of hydrogen-bond acceptors (Lipinski definition) is 1. The van der Waals surface area contributed by atoms with Crippen LogP contribution in [-0.2, 0) is 6.54 Å². The van der Waals surface area contributed by atoms with Crippen molar-refractivity contribution >= 4 is 0 Å². The molecule has 0 aliphatic heterocycles. The molecule has 1 atom stereocenters. The second-order valence-electron chi connectivity index (χ2n) is 5.62. The van der Waals surface area contributed by atoms with Gasteiger partial charge in [0.25, 0.3) is 0 Å². The lowest BCUT2D eigenvalue weighted by Gasteiger charge is -2.15. The fourth-order valence-corrected chi connectivity index (χ4v) is 2.41. The number of aryl methyl sites for hydroxylation is 1. The highest BCUT2D eigenvalue weighted by Crippen LogP contribution is 2.19. The SMILES string of the molecule is CCCC(NCC)c1ccn(CCCC(C)C)c1. The van der Waals surface area contributed by atoms with E-state index in [1.807, 2.05) is 0 Å². The number of nitrogens with zero attached hydrogens (tertiary/aromatic N) is 1. The van der Waals surface area contributed by atoms with Crippen molar-refractivity contribution in [3.8, 4) is 0 Å². The Morgan fingerprint density at radius 1 is 1.22 bits per heavy atom. The highest BCUT2D eigenvalue weighted by Gasteiger charge is 2.10. The Kier molecular flexibility index (Phi) is 7.11. The Morgan fingerprint density at radius 2 is 2.00 bits per heavy atom. The lowest BCUT2D eigenvalue weighted by atomic mass is 10.1. The highest BCUT2D eigenvalue weighted by molar-refractivity contribution is 5.15. The molecule has 0 bridgehead atoms. The van der Waals surface area contributed by atoms with Crippen LogP contribution in [0.2, 0.25) is 0 Å². The summed E-state index contributed by atoms with van der Waals surface area (Å²) in [6.45, 7) is 11.2. The molecule has 1 aromatic rings. The highest BCUT2D eigenvalue weighted by atomic mass is 15.0. The zero-order valence-electron chi connectivity index (χ0n) is 12.6. The average Bonchev–Trinajstić information content (AvgIpc) is 2.77. The first-order valence-electron chi connectivity index (χ1n) is 7.56. The molecule has 1 heterocycles. The van der Waals surface area contributed by atoms with Crippen molar-refractivity contribution in [1.82, 2.24) is 9.88 Å². The molecule has 1 unspecified atom stereocenters. The molecular weight excluding hydrogens is 220 g/mol. The van der Waals surface area contributed by atoms with Crippen LogP contribution in [0.5, 0.6) is 0 Å². The quantitative estimate of drug-likeness (QED) is 0.688. The Hall–Kier alpha value is -0.760. The van der Waals surface area contributed by atoms with Crippen molar-refractivity contribution in [2.24, 2.45) is 5.92 Å². The Labute approximate surface area is 113 Å². The second kappa shape index (κ2) is 8.36. The summed E-state index contributed by atoms with van der Waals surface area (Å²) < 4.78 is 2.34. The fraction of sp³-hybridized carbons (Fsp3) is 0.750. The fourth-order valence-electron chi connectivity index (χ4n) is 2.41. The Morgan fingerprint density at radius 3 is 2.61 bits per heavy atom. The first-order valence-corrected chi connectivity index (χ1v) is 7.56. The Balaban J connectivity index is 2.49. The van der Waals surface area contributed by atoms with Gasteiger partial charge in [-0.05, 0) is 43.4 Å². The second-order valence-corrected chi connectivity index (χ2v) is 5.62. The minimum absolute atomic E-state index is 0.534. The van der Waals surface area contributed by atoms with E-state index in [-0.39, 0.29) is 0 Å². The molecule has 0 aliphatic carbocycles. The summed E-state index contributed by atoms with van der Waals surface area (Å²) in [6.07, 6.45) is 9.61. The number of rotatable bonds is 9. The molecule has 2 nitrogen and oxygen atoms in total. The molecule has 0 radical (unpaired) electrons. The van der Waals surface area contributed by atoms with Crippen LogP contribution >= 0.6 is 0 Å². The summed E-state index contributed by atoms with van der Waals surface area (Å²) in [6, 6.07) is 2.81. The molecule has 0 amide bonds. The van der Waals surface area contributed by atoms with Gasteiger partial charge in [-0.25, -0.2) is 0 Å². The van der Waals surface area contributed by atoms with Gasteiger partial charge in [-0.1, -0.05) is 34.1 Å². The summed E-state index contributed by atoms with van der Waals surface area (Å²) in [5.41, 5.74) is 1.45. The van der Waals surface area contributed by atoms with Crippen molar-refractivity contribution in [2.45, 2.75) is 66.0 Å². The van der Waals surface area contributed by atoms with Crippen LogP contribution in [0.3, 0.4) is 0 Å². The molecule has 0 saturated heterocycles. The molecule has 0 saturated carbocycles. The van der Waals surface area contributed by atoms with E-state index in [0.29, 0.717) is 6.04 Å². The summed E-state index contributed by atoms with van der Waals surface area (Å²) in [5, 5.41) is 3.57. The standard InChI is InChI=1S/C16H30N2/c1-5-8-16(17-6-2)15-10-12-18(13-15)11-7-9-14(3)4/h10,12-14,16-17H,5-9,11H2,1-4H3. The maximum absolute atomic E-state index is 3.57. The molecule has 0 aliphatic rings. The van der Waals surface area contributed by atoms with Crippen molar-refractivity contribution in [3.63, 3.8) is 0 Å². The number of hydrogen-bond donors (Lipinski definition) is 1. The van der Waals surface area contributed by atoms with E-state index >= 15 is 0 Å². The summed E-state index contributed by atoms with van der Waals surface area (Å²) >= 11 is 0. The van der Waals surface area contributed by atoms with Gasteiger partial charge in [-0.3, -0.25) is 0 Å². The van der Waals surface area contributed by atoms with E-state index in [1.165, 1.54) is 31.2 Å². The zero-order valence-corrected chi connectivity index (χ0v) is 12.6. The predicted molar refractivity (Wildman–Crippen MR) is 79.8 cm³/mol. The molecule has 0 spiro atoms. The lowest BCUT2D eigenvalue weighted by molar-refractivity contribution is 0.500. The lowest BCUT2D eigenvalue weighted by Crippen LogP contribution is -2.20. The molecule has 1 aromatic heterocycles. The normalized spacial score (nSPS) is 13.2. The topological polar surface area (TPSA) is 17.0 Å². The molecule has 2 heteroatoms. The van der Waals surface area contributed by atoms with Gasteiger partial charge >= 0.3 is 0 Å². The largest absolute Gasteiger partial charge is 0.354 e. The predicted octanol–water partition coefficient (Wildman–Crippen LogP) is 4.38. The van der Waals surface area contributed by atoms with Crippen molar-refractivity contribution in [3.05, 3.63) is 24.0 Å². The van der Waals surface area contributed by atoms with Crippen LogP contribution in [0, 0.1) is 5.92 Å². The van der Waals surface area contributed by atoms with Crippen molar-refractivity contribution in [1.29, 1.82) is 0 Å². The molecule has 18 heavy (non-hydrogen) atoms. The van der Waals surface area contributed by atoms with Gasteiger partial charge in [0.15, 0.2) is 0 Å². The van der Waals surface area contributed by atoms with E-state index in [9.17, 15) is 0 Å². The van der Waals surface area contributed by atoms with Gasteiger partial charge in [0.2, 0.25) is 0 Å². The van der Waals surface area contributed by atoms with Crippen LogP contribution in [-0.4, -0.2) is 11.1 Å². The first kappa shape index (κ1) is 15.3. The molecule has 0 fully saturated rings. The molecular formula is C16H30N2. The Bertz CT molecular complexity index is 309. The third-order valence-electron chi connectivity index (χ3n) is 3.40. The van der Waals surface area contributed by atoms with Gasteiger partial charge < -0.3 is 9.88 Å². The van der Waals surface area contributed by atoms with Crippen LogP contribution in [0.1, 0.15) is 65.0 Å². The maximum Gasteiger partial charge on any atom is 0.0335 e. The minimum Gasteiger partial charge on any atom is -0.354 e. The zero-order chi connectivity index (χ0) is 13.4. The van der Waals surface area contributed by atoms with E-state index in [1.54, 1.807) is 0 Å². The van der Waals surface area contributed by atoms with Gasteiger partial charge in [0.1, 0.15) is 0 Å². The van der Waals surface area contributed by atoms with E-state index in [0.717, 1.165) is 19.0 Å². The van der Waals surface area contributed by atoms with Gasteiger partial charge in [0.05, 0.1) is 0 Å². The van der Waals surface area contributed by atoms with Crippen molar-refractivity contribution in [2.75, 3.05) is 6.54 Å². The minimum atomic E-state index is 0.534. The molecule has 1 rings (SSSR count). The van der Waals surface area contributed by atoms with Crippen LogP contribution < -0.4 is 5.32 Å². The van der Waals surface area contributed by atoms with Gasteiger partial charge in [0, 0.05) is 25.0 Å². The molecule has 104 valence electrons. The van der Waals surface area contributed by atoms with E-state index < -0.39 is 0 Å². The van der Waals surface area contributed by atoms with Gasteiger partial charge in [-0.15, -0.1) is 0 Å². The molecule has 1 N–H and O–H groups in total. The summed E-state index contributed by atoms with van der Waals surface area (Å²) in [7, 11) is 0. The monoisotopic (exact) mass is 250 g/mol. The van der Waals surface area contributed by atoms with Crippen molar-refractivity contribution < 1.29 is 0 Å². The number of aromatic nitrogens is 1. The van der Waals surface area contributed by atoms with Gasteiger partial charge in [-0.2, -0.15) is 0 Å². The average molecular weight is 250 g/mol. The first-order chi connectivity index (χ1) is 8.67. The maximum atomic E-state index is 3.57.